The van der Waals surface area contributed by atoms with E-state index >= 15 is 0 Å². The zero-order chi connectivity index (χ0) is 124. The smallest absolute Gasteiger partial charge is 0.267 e. The molecule has 0 radical (unpaired) electrons. The zero-order valence-electron chi connectivity index (χ0n) is 105. The maximum Gasteiger partial charge on any atom is 0.267 e. The fourth-order valence-electron chi connectivity index (χ4n) is 9.79. The third kappa shape index (κ3) is 21.0. The lowest BCUT2D eigenvalue weighted by Crippen LogP contribution is -2.20. The van der Waals surface area contributed by atoms with Gasteiger partial charge in [0.05, 0.1) is 51.0 Å². The highest BCUT2D eigenvalue weighted by Gasteiger charge is 2.33. The van der Waals surface area contributed by atoms with Gasteiger partial charge in [0.2, 0.25) is 23.5 Å². The van der Waals surface area contributed by atoms with Crippen LogP contribution >= 0.6 is 45.3 Å². The van der Waals surface area contributed by atoms with E-state index in [1.165, 1.54) is 73.1 Å². The number of carbonyl (C=O) groups is 8. The third-order valence-corrected chi connectivity index (χ3v) is 25.1. The van der Waals surface area contributed by atoms with Crippen LogP contribution in [0.4, 0.5) is 46.3 Å². The summed E-state index contributed by atoms with van der Waals surface area (Å²) >= 11 is 2.04. The van der Waals surface area contributed by atoms with Crippen LogP contribution in [0.5, 0.6) is 0 Å². The van der Waals surface area contributed by atoms with Gasteiger partial charge in [-0.25, -0.2) is 52.5 Å². The van der Waals surface area contributed by atoms with E-state index in [0.29, 0.717) is 68.7 Å². The van der Waals surface area contributed by atoms with Crippen LogP contribution in [0.1, 0.15) is 244 Å². The molecule has 4 aromatic carbocycles. The fourth-order valence-corrected chi connectivity index (χ4v) is 18.8. The number of amides is 4. The Balaban J connectivity index is 0.000000239. The van der Waals surface area contributed by atoms with Crippen LogP contribution < -0.4 is 40.1 Å². The topological polar surface area (TPSA) is 473 Å². The molecular formula is C80H84N12O20S8. The molecule has 12 aromatic rings. The van der Waals surface area contributed by atoms with Gasteiger partial charge in [-0.3, -0.25) is 38.4 Å². The van der Waals surface area contributed by atoms with E-state index in [2.05, 4.69) is 20.6 Å². The van der Waals surface area contributed by atoms with Crippen molar-refractivity contribution >= 4 is 178 Å². The van der Waals surface area contributed by atoms with E-state index in [0.717, 1.165) is 47.2 Å². The van der Waals surface area contributed by atoms with Crippen molar-refractivity contribution in [1.82, 2.24) is 20.6 Å². The molecule has 0 spiro atoms. The van der Waals surface area contributed by atoms with Crippen molar-refractivity contribution in [2.75, 3.05) is 40.1 Å². The van der Waals surface area contributed by atoms with Gasteiger partial charge in [0.1, 0.15) is 39.1 Å². The van der Waals surface area contributed by atoms with E-state index in [9.17, 15) is 72.0 Å². The summed E-state index contributed by atoms with van der Waals surface area (Å²) in [5, 5.41) is 18.3. The van der Waals surface area contributed by atoms with E-state index < -0.39 is 303 Å². The molecular weight excluding hydrogens is 1710 g/mol. The van der Waals surface area contributed by atoms with Crippen LogP contribution in [-0.2, 0) is 40.1 Å². The molecule has 0 aliphatic carbocycles. The standard InChI is InChI=1S/4C20H21N3O5S2/c4*1-10-8-11(2)17(15(9-10)14(5)24)21-19(25)18-16(6-7-29-18)30(26,27)23-20-12(3)13(4)22-28-20/h4*6-9,23H,1-5H3,(H,21,25)/i1D3,2D3,3D3,5D3,9D;1D3,2D3,5D3,9D;3D3,5D3,8D;5D3,8D/hD8. The number of hydrogen-bond acceptors (Lipinski definition) is 28. The predicted octanol–water partition coefficient (Wildman–Crippen LogP) is 16.9. The summed E-state index contributed by atoms with van der Waals surface area (Å²) in [6, 6.07) is 3.90. The second-order valence-corrected chi connectivity index (χ2v) is 34.3. The van der Waals surface area contributed by atoms with Gasteiger partial charge in [0, 0.05) is 85.6 Å². The number of Topliss-reactive ketones (excluding diaryl/α,β-unsaturated/α-hetero) is 4. The summed E-state index contributed by atoms with van der Waals surface area (Å²) in [4.78, 5) is 99.3. The van der Waals surface area contributed by atoms with Gasteiger partial charge in [0.25, 0.3) is 63.7 Å². The van der Waals surface area contributed by atoms with Gasteiger partial charge < -0.3 is 39.3 Å². The van der Waals surface area contributed by atoms with Gasteiger partial charge in [-0.2, -0.15) is 0 Å². The van der Waals surface area contributed by atoms with Gasteiger partial charge in [-0.1, -0.05) is 44.8 Å². The van der Waals surface area contributed by atoms with Crippen LogP contribution in [-0.4, -0.2) is 101 Å². The minimum Gasteiger partial charge on any atom is -0.337 e. The molecule has 0 fully saturated rings. The first-order chi connectivity index (χ1) is 73.3. The number of nitrogens with zero attached hydrogens (tertiary/aromatic N) is 4. The maximum atomic E-state index is 13.6. The Morgan fingerprint density at radius 3 is 0.833 bits per heavy atom. The molecule has 8 heterocycles. The van der Waals surface area contributed by atoms with E-state index in [-0.39, 0.29) is 103 Å². The van der Waals surface area contributed by atoms with Crippen molar-refractivity contribution in [3.8, 4) is 0 Å². The molecule has 0 saturated carbocycles. The molecule has 0 saturated heterocycles. The number of nitrogens with one attached hydrogen (secondary N) is 8. The molecule has 120 heavy (non-hydrogen) atoms. The molecule has 632 valence electrons. The number of carbonyl (C=O) groups excluding carboxylic acids is 8. The lowest BCUT2D eigenvalue weighted by atomic mass is 10.0. The second kappa shape index (κ2) is 37.2. The molecule has 12 rings (SSSR count). The average molecular weight is 1830 g/mol. The number of hydrogen-bond donors (Lipinski definition) is 8. The molecule has 0 bridgehead atoms. The quantitative estimate of drug-likeness (QED) is 0.0260. The van der Waals surface area contributed by atoms with E-state index in [4.69, 9.17) is 76.0 Å². The van der Waals surface area contributed by atoms with Gasteiger partial charge >= 0.3 is 0 Å². The Morgan fingerprint density at radius 1 is 0.333 bits per heavy atom. The second-order valence-electron chi connectivity index (χ2n) is 24.3. The fraction of sp³-hybridized carbons (Fsp3) is 0.250. The average Bonchev–Trinajstić information content (AvgIpc) is 1.21. The summed E-state index contributed by atoms with van der Waals surface area (Å²) in [5.41, 5.74) is -12.0. The van der Waals surface area contributed by atoms with Crippen LogP contribution in [0.3, 0.4) is 0 Å². The first kappa shape index (κ1) is 49.6. The maximum absolute atomic E-state index is 13.6. The molecule has 32 nitrogen and oxygen atoms in total. The molecule has 8 aromatic heterocycles. The summed E-state index contributed by atoms with van der Waals surface area (Å²) < 4.78 is 454. The Labute approximate surface area is 767 Å². The number of anilines is 8. The summed E-state index contributed by atoms with van der Waals surface area (Å²) in [6.45, 7) is -18.6. The minimum absolute atomic E-state index is 0.0122. The van der Waals surface area contributed by atoms with E-state index in [1.807, 2.05) is 0 Å². The lowest BCUT2D eigenvalue weighted by molar-refractivity contribution is 0.100. The molecule has 0 aliphatic heterocycles. The van der Waals surface area contributed by atoms with Crippen molar-refractivity contribution in [3.63, 3.8) is 0 Å². The highest BCUT2D eigenvalue weighted by atomic mass is 32.2. The summed E-state index contributed by atoms with van der Waals surface area (Å²) in [6.07, 6.45) is 0. The lowest BCUT2D eigenvalue weighted by Gasteiger charge is -2.14. The number of benzene rings is 4. The molecule has 0 aliphatic rings. The normalized spacial score (nSPS) is 17.5. The molecule has 40 heteroatoms. The highest BCUT2D eigenvalue weighted by molar-refractivity contribution is 7.94. The number of sulfonamides is 4. The van der Waals surface area contributed by atoms with E-state index in [1.54, 1.807) is 6.92 Å². The summed E-state index contributed by atoms with van der Waals surface area (Å²) in [5.74, 6) is -15.3. The number of thiophene rings is 4. The number of rotatable bonds is 24. The van der Waals surface area contributed by atoms with Crippen LogP contribution in [0, 0.1) is 110 Å². The zero-order valence-corrected chi connectivity index (χ0v) is 69.3. The SMILES string of the molecule is [2H]c1c(C([2H])([2H])[2H])cc(C([2H])([2H])[2H])c(N([2H])C(=O)c2sccc2S(=O)(=O)N([2H])c2onc(C)c2C([2H])([2H])[2H])c1C(=O)C([2H])([2H])[2H].[2H]c1c(C([2H])([2H])[2H])cc(C([2H])([2H])[2H])c(N([2H])C(=O)c2sccc2S(=O)(=O)N([2H])c2onc(C)c2C)c1C(=O)C([2H])([2H])[2H].[2H]c1c(C)cc(C(=O)C([2H])([2H])[2H])c(N([2H])C(=O)c2sccc2S(=O)(=O)N([2H])c2onc(C)c2C([2H])([2H])[2H])c1C.[2H]c1c(C)cc(C(=O)C([2H])([2H])[2H])c(N([2H])C(=O)c2sccc2S(=O)(=O)N([2H])c2onc(C)c2C)c1C. The van der Waals surface area contributed by atoms with Crippen molar-refractivity contribution in [3.05, 3.63) is 226 Å². The molecule has 4 amide bonds. The van der Waals surface area contributed by atoms with Crippen molar-refractivity contribution in [2.45, 2.75) is 157 Å². The van der Waals surface area contributed by atoms with Crippen LogP contribution in [0.15, 0.2) is 132 Å². The number of aromatic nitrogens is 4. The minimum atomic E-state index is -5.22. The van der Waals surface area contributed by atoms with Crippen LogP contribution in [0.25, 0.3) is 0 Å². The molecule has 0 unspecified atom stereocenters. The predicted molar refractivity (Wildman–Crippen MR) is 460 cm³/mol. The molecule has 0 atom stereocenters. The summed E-state index contributed by atoms with van der Waals surface area (Å²) in [7, 11) is -19.8. The Morgan fingerprint density at radius 2 is 0.592 bits per heavy atom. The Bertz CT molecular complexity index is 8420. The first-order valence-corrected chi connectivity index (χ1v) is 42.0. The largest absolute Gasteiger partial charge is 0.337 e. The van der Waals surface area contributed by atoms with Crippen molar-refractivity contribution < 1.29 is 148 Å². The van der Waals surface area contributed by atoms with Gasteiger partial charge in [-0.05, 0) is 252 Å². The first-order valence-electron chi connectivity index (χ1n) is 53.3. The third-order valence-electron chi connectivity index (χ3n) is 15.8. The highest BCUT2D eigenvalue weighted by Crippen LogP contribution is 2.36. The van der Waals surface area contributed by atoms with Crippen molar-refractivity contribution in [2.24, 2.45) is 0 Å². The number of ketones is 4. The Hall–Kier alpha value is -11.9. The van der Waals surface area contributed by atoms with Gasteiger partial charge in [-0.15, -0.1) is 45.3 Å². The monoisotopic (exact) mass is 1830 g/mol. The Kier molecular flexibility index (Phi) is 15.4. The van der Waals surface area contributed by atoms with Crippen LogP contribution in [0.2, 0.25) is 11.3 Å². The number of aryl methyl sites for hydroxylation is 10. The molecule has 8 N–H and O–H groups in total. The van der Waals surface area contributed by atoms with Crippen molar-refractivity contribution in [1.29, 1.82) is 0 Å². The van der Waals surface area contributed by atoms with Gasteiger partial charge in [0.15, 0.2) is 34.4 Å².